The maximum Gasteiger partial charge on any atom is 0.268 e. The topological polar surface area (TPSA) is 34.9 Å². The van der Waals surface area contributed by atoms with Crippen molar-refractivity contribution in [3.05, 3.63) is 62.2 Å². The molecule has 0 aliphatic carbocycles. The van der Waals surface area contributed by atoms with Gasteiger partial charge in [0.15, 0.2) is 0 Å². The van der Waals surface area contributed by atoms with Crippen molar-refractivity contribution < 1.29 is 8.78 Å². The van der Waals surface area contributed by atoms with Gasteiger partial charge in [0.25, 0.3) is 5.56 Å². The first kappa shape index (κ1) is 12.9. The smallest absolute Gasteiger partial charge is 0.268 e. The molecule has 1 aromatic heterocycles. The lowest BCUT2D eigenvalue weighted by atomic mass is 10.2. The molecule has 18 heavy (non-hydrogen) atoms. The Bertz CT molecular complexity index is 635. The molecule has 0 aliphatic heterocycles. The van der Waals surface area contributed by atoms with E-state index in [2.05, 4.69) is 20.9 Å². The highest BCUT2D eigenvalue weighted by molar-refractivity contribution is 9.10. The number of aromatic nitrogens is 2. The molecule has 2 aromatic rings. The summed E-state index contributed by atoms with van der Waals surface area (Å²) >= 11 is 3.05. The first-order valence-corrected chi connectivity index (χ1v) is 5.95. The molecule has 0 amide bonds. The third-order valence-corrected chi connectivity index (χ3v) is 3.13. The van der Waals surface area contributed by atoms with Crippen LogP contribution in [0.1, 0.15) is 11.4 Å². The van der Waals surface area contributed by atoms with Gasteiger partial charge in [0.2, 0.25) is 0 Å². The third kappa shape index (κ3) is 2.33. The molecule has 0 radical (unpaired) electrons. The molecule has 6 heteroatoms. The summed E-state index contributed by atoms with van der Waals surface area (Å²) in [6.07, 6.45) is 1.37. The largest absolute Gasteiger partial charge is 0.291 e. The second-order valence-electron chi connectivity index (χ2n) is 3.74. The lowest BCUT2D eigenvalue weighted by Crippen LogP contribution is -2.25. The molecule has 1 aromatic carbocycles. The Morgan fingerprint density at radius 3 is 2.56 bits per heavy atom. The van der Waals surface area contributed by atoms with Gasteiger partial charge in [-0.05, 0) is 35.0 Å². The van der Waals surface area contributed by atoms with Gasteiger partial charge < -0.3 is 0 Å². The summed E-state index contributed by atoms with van der Waals surface area (Å²) < 4.78 is 28.5. The van der Waals surface area contributed by atoms with Crippen LogP contribution in [0, 0.1) is 18.6 Å². The Morgan fingerprint density at radius 2 is 1.94 bits per heavy atom. The standard InChI is InChI=1S/C12H9BrF2N2O/c1-7-16-5-9(13)12(18)17(7)6-8-10(14)3-2-4-11(8)15/h2-5H,6H2,1H3. The van der Waals surface area contributed by atoms with Gasteiger partial charge in [0, 0.05) is 11.8 Å². The van der Waals surface area contributed by atoms with Crippen LogP contribution in [-0.2, 0) is 6.54 Å². The predicted octanol–water partition coefficient (Wildman–Crippen LogP) is 2.64. The number of hydrogen-bond acceptors (Lipinski definition) is 2. The van der Waals surface area contributed by atoms with Crippen molar-refractivity contribution in [3.8, 4) is 0 Å². The Kier molecular flexibility index (Phi) is 3.56. The van der Waals surface area contributed by atoms with E-state index in [-0.39, 0.29) is 22.1 Å². The lowest BCUT2D eigenvalue weighted by Gasteiger charge is -2.10. The molecule has 0 saturated carbocycles. The highest BCUT2D eigenvalue weighted by atomic mass is 79.9. The molecule has 3 nitrogen and oxygen atoms in total. The average molecular weight is 315 g/mol. The fraction of sp³-hybridized carbons (Fsp3) is 0.167. The van der Waals surface area contributed by atoms with Gasteiger partial charge in [-0.2, -0.15) is 0 Å². The zero-order chi connectivity index (χ0) is 13.3. The van der Waals surface area contributed by atoms with Gasteiger partial charge in [-0.1, -0.05) is 6.07 Å². The van der Waals surface area contributed by atoms with Crippen molar-refractivity contribution in [1.29, 1.82) is 0 Å². The van der Waals surface area contributed by atoms with Crippen molar-refractivity contribution in [1.82, 2.24) is 9.55 Å². The monoisotopic (exact) mass is 314 g/mol. The third-order valence-electron chi connectivity index (χ3n) is 2.58. The molecular formula is C12H9BrF2N2O. The van der Waals surface area contributed by atoms with E-state index in [9.17, 15) is 13.6 Å². The van der Waals surface area contributed by atoms with E-state index in [1.54, 1.807) is 6.92 Å². The molecule has 2 rings (SSSR count). The summed E-state index contributed by atoms with van der Waals surface area (Å²) in [5, 5.41) is 0. The molecule has 0 atom stereocenters. The second kappa shape index (κ2) is 4.97. The van der Waals surface area contributed by atoms with Crippen molar-refractivity contribution in [3.63, 3.8) is 0 Å². The van der Waals surface area contributed by atoms with E-state index in [0.29, 0.717) is 5.82 Å². The van der Waals surface area contributed by atoms with Crippen LogP contribution in [0.2, 0.25) is 0 Å². The minimum Gasteiger partial charge on any atom is -0.291 e. The summed E-state index contributed by atoms with van der Waals surface area (Å²) in [4.78, 5) is 15.8. The molecule has 0 unspecified atom stereocenters. The normalized spacial score (nSPS) is 10.7. The number of nitrogens with zero attached hydrogens (tertiary/aromatic N) is 2. The van der Waals surface area contributed by atoms with Gasteiger partial charge in [-0.15, -0.1) is 0 Å². The zero-order valence-corrected chi connectivity index (χ0v) is 11.0. The van der Waals surface area contributed by atoms with Gasteiger partial charge in [-0.25, -0.2) is 13.8 Å². The predicted molar refractivity (Wildman–Crippen MR) is 66.4 cm³/mol. The summed E-state index contributed by atoms with van der Waals surface area (Å²) in [5.41, 5.74) is -0.521. The molecule has 94 valence electrons. The van der Waals surface area contributed by atoms with Crippen LogP contribution >= 0.6 is 15.9 Å². The van der Waals surface area contributed by atoms with E-state index in [1.165, 1.54) is 16.8 Å². The highest BCUT2D eigenvalue weighted by Gasteiger charge is 2.12. The Balaban J connectivity index is 2.53. The maximum absolute atomic E-state index is 13.5. The maximum atomic E-state index is 13.5. The fourth-order valence-corrected chi connectivity index (χ4v) is 1.90. The molecule has 0 saturated heterocycles. The van der Waals surface area contributed by atoms with Crippen LogP contribution in [0.4, 0.5) is 8.78 Å². The highest BCUT2D eigenvalue weighted by Crippen LogP contribution is 2.14. The van der Waals surface area contributed by atoms with Crippen LogP contribution in [0.5, 0.6) is 0 Å². The number of hydrogen-bond donors (Lipinski definition) is 0. The molecule has 0 spiro atoms. The SMILES string of the molecule is Cc1ncc(Br)c(=O)n1Cc1c(F)cccc1F. The van der Waals surface area contributed by atoms with Crippen LogP contribution in [0.3, 0.4) is 0 Å². The van der Waals surface area contributed by atoms with E-state index in [4.69, 9.17) is 0 Å². The average Bonchev–Trinajstić information content (AvgIpc) is 2.33. The van der Waals surface area contributed by atoms with Crippen molar-refractivity contribution >= 4 is 15.9 Å². The minimum absolute atomic E-state index is 0.150. The van der Waals surface area contributed by atoms with Crippen molar-refractivity contribution in [2.45, 2.75) is 13.5 Å². The Labute approximate surface area is 110 Å². The number of rotatable bonds is 2. The fourth-order valence-electron chi connectivity index (χ4n) is 1.58. The van der Waals surface area contributed by atoms with Gasteiger partial charge in [0.1, 0.15) is 21.9 Å². The van der Waals surface area contributed by atoms with Crippen LogP contribution in [-0.4, -0.2) is 9.55 Å². The number of halogens is 3. The van der Waals surface area contributed by atoms with Crippen molar-refractivity contribution in [2.75, 3.05) is 0 Å². The van der Waals surface area contributed by atoms with Crippen LogP contribution in [0.25, 0.3) is 0 Å². The second-order valence-corrected chi connectivity index (χ2v) is 4.60. The summed E-state index contributed by atoms with van der Waals surface area (Å²) in [6, 6.07) is 3.59. The molecule has 0 N–H and O–H groups in total. The number of benzene rings is 1. The minimum atomic E-state index is -0.679. The summed E-state index contributed by atoms with van der Waals surface area (Å²) in [7, 11) is 0. The van der Waals surface area contributed by atoms with Gasteiger partial charge in [0.05, 0.1) is 6.54 Å². The summed E-state index contributed by atoms with van der Waals surface area (Å²) in [6.45, 7) is 1.42. The van der Waals surface area contributed by atoms with Gasteiger partial charge in [-0.3, -0.25) is 9.36 Å². The number of aryl methyl sites for hydroxylation is 1. The molecule has 0 bridgehead atoms. The molecular weight excluding hydrogens is 306 g/mol. The van der Waals surface area contributed by atoms with Crippen LogP contribution in [0.15, 0.2) is 33.7 Å². The quantitative estimate of drug-likeness (QED) is 0.854. The zero-order valence-electron chi connectivity index (χ0n) is 9.45. The molecule has 0 fully saturated rings. The van der Waals surface area contributed by atoms with Gasteiger partial charge >= 0.3 is 0 Å². The van der Waals surface area contributed by atoms with Crippen molar-refractivity contribution in [2.24, 2.45) is 0 Å². The first-order chi connectivity index (χ1) is 8.50. The lowest BCUT2D eigenvalue weighted by molar-refractivity contribution is 0.536. The first-order valence-electron chi connectivity index (χ1n) is 5.15. The van der Waals surface area contributed by atoms with E-state index in [1.807, 2.05) is 0 Å². The molecule has 1 heterocycles. The summed E-state index contributed by atoms with van der Waals surface area (Å²) in [5.74, 6) is -0.964. The molecule has 0 aliphatic rings. The van der Waals surface area contributed by atoms with E-state index >= 15 is 0 Å². The Hall–Kier alpha value is -1.56. The van der Waals surface area contributed by atoms with E-state index in [0.717, 1.165) is 12.1 Å². The van der Waals surface area contributed by atoms with E-state index < -0.39 is 11.6 Å². The van der Waals surface area contributed by atoms with Crippen LogP contribution < -0.4 is 5.56 Å². The Morgan fingerprint density at radius 1 is 1.33 bits per heavy atom.